The smallest absolute Gasteiger partial charge is 0.326 e. The number of aromatic amines is 1. The van der Waals surface area contributed by atoms with Crippen molar-refractivity contribution in [3.8, 4) is 0 Å². The number of nitrogens with one attached hydrogen (secondary N) is 1. The average molecular weight is 271 g/mol. The van der Waals surface area contributed by atoms with Crippen LogP contribution >= 0.6 is 0 Å². The first-order chi connectivity index (χ1) is 9.10. The van der Waals surface area contributed by atoms with Crippen molar-refractivity contribution in [3.63, 3.8) is 0 Å². The van der Waals surface area contributed by atoms with Gasteiger partial charge in [0.25, 0.3) is 0 Å². The number of imidazole rings is 1. The lowest BCUT2D eigenvalue weighted by Gasteiger charge is -2.29. The Morgan fingerprint density at radius 2 is 2.37 bits per heavy atom. The number of carbonyl (C=O) groups is 1. The van der Waals surface area contributed by atoms with Crippen LogP contribution in [0.25, 0.3) is 0 Å². The summed E-state index contributed by atoms with van der Waals surface area (Å²) in [6.45, 7) is 1.91. The van der Waals surface area contributed by atoms with E-state index in [-0.39, 0.29) is 31.4 Å². The van der Waals surface area contributed by atoms with Gasteiger partial charge < -0.3 is 15.5 Å². The second kappa shape index (κ2) is 5.56. The summed E-state index contributed by atoms with van der Waals surface area (Å²) in [7, 11) is 0. The van der Waals surface area contributed by atoms with E-state index in [2.05, 4.69) is 4.98 Å². The average Bonchev–Trinajstić information content (AvgIpc) is 2.70. The summed E-state index contributed by atoms with van der Waals surface area (Å²) in [6, 6.07) is 0. The summed E-state index contributed by atoms with van der Waals surface area (Å²) in [6.07, 6.45) is 0.561. The number of primary amides is 1. The number of fused-ring (bicyclic) bond motifs is 1. The Bertz CT molecular complexity index is 523. The Hall–Kier alpha value is -1.63. The van der Waals surface area contributed by atoms with E-state index in [0.717, 1.165) is 0 Å². The third-order valence-electron chi connectivity index (χ3n) is 3.46. The van der Waals surface area contributed by atoms with Crippen LogP contribution in [0.2, 0.25) is 0 Å². The zero-order valence-corrected chi connectivity index (χ0v) is 10.8. The van der Waals surface area contributed by atoms with Gasteiger partial charge in [-0.25, -0.2) is 4.79 Å². The Labute approximate surface area is 109 Å². The van der Waals surface area contributed by atoms with E-state index in [9.17, 15) is 14.0 Å². The second-order valence-corrected chi connectivity index (χ2v) is 4.62. The lowest BCUT2D eigenvalue weighted by molar-refractivity contribution is -0.124. The van der Waals surface area contributed by atoms with Gasteiger partial charge in [0.2, 0.25) is 5.91 Å². The van der Waals surface area contributed by atoms with Crippen LogP contribution in [0.1, 0.15) is 37.1 Å². The standard InChI is InChI=1S/C12H18FN3O3/c1-2-8-9(11(14)17)10-7(6-19-8)16(5-3-4-13)12(18)15-10/h8-9H,2-6H2,1H3,(H2,14,17)(H,15,18). The molecule has 1 aromatic heterocycles. The highest BCUT2D eigenvalue weighted by atomic mass is 19.1. The molecule has 1 amide bonds. The van der Waals surface area contributed by atoms with E-state index < -0.39 is 18.5 Å². The molecule has 2 heterocycles. The van der Waals surface area contributed by atoms with Gasteiger partial charge >= 0.3 is 5.69 Å². The minimum absolute atomic E-state index is 0.239. The first kappa shape index (κ1) is 13.8. The molecule has 1 aliphatic rings. The molecule has 7 heteroatoms. The summed E-state index contributed by atoms with van der Waals surface area (Å²) < 4.78 is 19.3. The van der Waals surface area contributed by atoms with Crippen molar-refractivity contribution in [2.75, 3.05) is 6.67 Å². The predicted molar refractivity (Wildman–Crippen MR) is 66.4 cm³/mol. The van der Waals surface area contributed by atoms with Gasteiger partial charge in [-0.15, -0.1) is 0 Å². The molecular weight excluding hydrogens is 253 g/mol. The van der Waals surface area contributed by atoms with Gasteiger partial charge in [-0.05, 0) is 12.8 Å². The molecule has 0 fully saturated rings. The van der Waals surface area contributed by atoms with Crippen molar-refractivity contribution in [3.05, 3.63) is 21.9 Å². The highest BCUT2D eigenvalue weighted by Gasteiger charge is 2.36. The van der Waals surface area contributed by atoms with E-state index in [1.807, 2.05) is 6.92 Å². The first-order valence-corrected chi connectivity index (χ1v) is 6.38. The number of nitrogens with two attached hydrogens (primary N) is 1. The van der Waals surface area contributed by atoms with Gasteiger partial charge in [0.05, 0.1) is 30.8 Å². The van der Waals surface area contributed by atoms with Crippen LogP contribution in [-0.4, -0.2) is 28.2 Å². The molecule has 2 rings (SSSR count). The maximum Gasteiger partial charge on any atom is 0.326 e. The molecule has 0 saturated carbocycles. The lowest BCUT2D eigenvalue weighted by Crippen LogP contribution is -2.37. The number of H-pyrrole nitrogens is 1. The lowest BCUT2D eigenvalue weighted by atomic mass is 9.92. The van der Waals surface area contributed by atoms with E-state index in [1.165, 1.54) is 4.57 Å². The molecule has 0 saturated heterocycles. The zero-order chi connectivity index (χ0) is 14.0. The number of halogens is 1. The molecule has 3 N–H and O–H groups in total. The van der Waals surface area contributed by atoms with Crippen LogP contribution in [0.15, 0.2) is 4.79 Å². The largest absolute Gasteiger partial charge is 0.371 e. The normalized spacial score (nSPS) is 22.2. The van der Waals surface area contributed by atoms with Crippen LogP contribution < -0.4 is 11.4 Å². The minimum Gasteiger partial charge on any atom is -0.371 e. The Balaban J connectivity index is 2.42. The molecule has 0 aliphatic carbocycles. The van der Waals surface area contributed by atoms with E-state index in [4.69, 9.17) is 10.5 Å². The molecule has 0 bridgehead atoms. The number of carbonyl (C=O) groups excluding carboxylic acids is 1. The van der Waals surface area contributed by atoms with Crippen LogP contribution in [0, 0.1) is 0 Å². The van der Waals surface area contributed by atoms with Gasteiger partial charge in [-0.1, -0.05) is 6.92 Å². The summed E-state index contributed by atoms with van der Waals surface area (Å²) in [5.41, 5.74) is 6.18. The van der Waals surface area contributed by atoms with Crippen molar-refractivity contribution >= 4 is 5.91 Å². The van der Waals surface area contributed by atoms with Crippen molar-refractivity contribution in [2.24, 2.45) is 5.73 Å². The molecule has 1 aliphatic heterocycles. The van der Waals surface area contributed by atoms with E-state index >= 15 is 0 Å². The van der Waals surface area contributed by atoms with Crippen molar-refractivity contribution < 1.29 is 13.9 Å². The van der Waals surface area contributed by atoms with Gasteiger partial charge in [0.15, 0.2) is 0 Å². The number of amides is 1. The van der Waals surface area contributed by atoms with Gasteiger partial charge in [0, 0.05) is 6.54 Å². The van der Waals surface area contributed by atoms with Gasteiger partial charge in [-0.3, -0.25) is 13.8 Å². The number of nitrogens with zero attached hydrogens (tertiary/aromatic N) is 1. The summed E-state index contributed by atoms with van der Waals surface area (Å²) in [5, 5.41) is 0. The fourth-order valence-corrected chi connectivity index (χ4v) is 2.54. The molecule has 2 atom stereocenters. The number of hydrogen-bond acceptors (Lipinski definition) is 3. The molecule has 0 aromatic carbocycles. The van der Waals surface area contributed by atoms with Crippen molar-refractivity contribution in [2.45, 2.75) is 44.9 Å². The number of hydrogen-bond donors (Lipinski definition) is 2. The summed E-state index contributed by atoms with van der Waals surface area (Å²) in [5.74, 6) is -1.17. The molecule has 0 spiro atoms. The van der Waals surface area contributed by atoms with E-state index in [0.29, 0.717) is 17.8 Å². The Morgan fingerprint density at radius 3 is 2.95 bits per heavy atom. The topological polar surface area (TPSA) is 90.1 Å². The minimum atomic E-state index is -0.645. The number of ether oxygens (including phenoxy) is 1. The summed E-state index contributed by atoms with van der Waals surface area (Å²) >= 11 is 0. The van der Waals surface area contributed by atoms with Crippen LogP contribution in [0.5, 0.6) is 0 Å². The first-order valence-electron chi connectivity index (χ1n) is 6.38. The number of alkyl halides is 1. The highest BCUT2D eigenvalue weighted by Crippen LogP contribution is 2.30. The van der Waals surface area contributed by atoms with Crippen molar-refractivity contribution in [1.82, 2.24) is 9.55 Å². The molecule has 2 unspecified atom stereocenters. The van der Waals surface area contributed by atoms with Crippen LogP contribution in [0.3, 0.4) is 0 Å². The molecule has 1 aromatic rings. The maximum absolute atomic E-state index is 12.2. The molecular formula is C12H18FN3O3. The quantitative estimate of drug-likeness (QED) is 0.813. The maximum atomic E-state index is 12.2. The third-order valence-corrected chi connectivity index (χ3v) is 3.46. The number of rotatable bonds is 5. The van der Waals surface area contributed by atoms with Gasteiger partial charge in [0.1, 0.15) is 5.92 Å². The molecule has 106 valence electrons. The number of aromatic nitrogens is 2. The third kappa shape index (κ3) is 2.42. The highest BCUT2D eigenvalue weighted by molar-refractivity contribution is 5.82. The predicted octanol–water partition coefficient (Wildman–Crippen LogP) is 0.414. The Kier molecular flexibility index (Phi) is 4.04. The van der Waals surface area contributed by atoms with Crippen molar-refractivity contribution in [1.29, 1.82) is 0 Å². The van der Waals surface area contributed by atoms with E-state index in [1.54, 1.807) is 0 Å². The van der Waals surface area contributed by atoms with Gasteiger partial charge in [-0.2, -0.15) is 0 Å². The molecule has 6 nitrogen and oxygen atoms in total. The zero-order valence-electron chi connectivity index (χ0n) is 10.8. The van der Waals surface area contributed by atoms with Crippen LogP contribution in [-0.2, 0) is 22.7 Å². The summed E-state index contributed by atoms with van der Waals surface area (Å²) in [4.78, 5) is 26.1. The molecule has 19 heavy (non-hydrogen) atoms. The second-order valence-electron chi connectivity index (χ2n) is 4.62. The Morgan fingerprint density at radius 1 is 1.63 bits per heavy atom. The monoisotopic (exact) mass is 271 g/mol. The fourth-order valence-electron chi connectivity index (χ4n) is 2.54. The SMILES string of the molecule is CCC1OCc2c([nH]c(=O)n2CCCF)C1C(N)=O. The molecule has 0 radical (unpaired) electrons. The van der Waals surface area contributed by atoms with Crippen LogP contribution in [0.4, 0.5) is 4.39 Å². The fraction of sp³-hybridized carbons (Fsp3) is 0.667.